The number of hydrogen-bond donors (Lipinski definition) is 1. The van der Waals surface area contributed by atoms with Crippen molar-refractivity contribution in [1.29, 1.82) is 0 Å². The van der Waals surface area contributed by atoms with Crippen LogP contribution in [0.3, 0.4) is 0 Å². The lowest BCUT2D eigenvalue weighted by molar-refractivity contribution is -0.306. The minimum Gasteiger partial charge on any atom is -0.550 e. The number of sulfonamides is 1. The highest BCUT2D eigenvalue weighted by molar-refractivity contribution is 7.89. The van der Waals surface area contributed by atoms with Gasteiger partial charge in [-0.15, -0.1) is 0 Å². The van der Waals surface area contributed by atoms with Crippen LogP contribution in [0.25, 0.3) is 0 Å². The van der Waals surface area contributed by atoms with E-state index in [2.05, 4.69) is 4.72 Å². The van der Waals surface area contributed by atoms with Crippen molar-refractivity contribution in [2.75, 3.05) is 0 Å². The summed E-state index contributed by atoms with van der Waals surface area (Å²) in [4.78, 5) is 10.8. The van der Waals surface area contributed by atoms with Gasteiger partial charge in [-0.05, 0) is 30.7 Å². The Morgan fingerprint density at radius 2 is 1.67 bits per heavy atom. The number of carbonyl (C=O) groups excluding carboxylic acids is 1. The van der Waals surface area contributed by atoms with Crippen molar-refractivity contribution in [3.8, 4) is 0 Å². The van der Waals surface area contributed by atoms with Gasteiger partial charge in [0, 0.05) is 22.4 Å². The van der Waals surface area contributed by atoms with Crippen molar-refractivity contribution in [2.24, 2.45) is 0 Å². The van der Waals surface area contributed by atoms with Crippen LogP contribution >= 0.6 is 23.2 Å². The average molecular weight is 387 g/mol. The molecule has 0 aliphatic carbocycles. The maximum absolute atomic E-state index is 12.5. The largest absolute Gasteiger partial charge is 0.550 e. The predicted octanol–water partition coefficient (Wildman–Crippen LogP) is 2.46. The monoisotopic (exact) mass is 386 g/mol. The summed E-state index contributed by atoms with van der Waals surface area (Å²) in [6.07, 6.45) is -0.503. The second-order valence-corrected chi connectivity index (χ2v) is 7.85. The second kappa shape index (κ2) is 7.53. The highest BCUT2D eigenvalue weighted by atomic mass is 35.5. The zero-order chi connectivity index (χ0) is 17.9. The highest BCUT2D eigenvalue weighted by Crippen LogP contribution is 2.25. The van der Waals surface area contributed by atoms with Crippen molar-refractivity contribution in [3.63, 3.8) is 0 Å². The molecule has 24 heavy (non-hydrogen) atoms. The molecular weight excluding hydrogens is 373 g/mol. The molecule has 0 bridgehead atoms. The van der Waals surface area contributed by atoms with Crippen LogP contribution in [0.4, 0.5) is 0 Å². The molecule has 0 aliphatic heterocycles. The number of halogens is 2. The molecule has 1 atom stereocenters. The average Bonchev–Trinajstić information content (AvgIpc) is 2.45. The van der Waals surface area contributed by atoms with E-state index in [9.17, 15) is 18.3 Å². The number of carboxylic acid groups (broad SMARTS) is 1. The van der Waals surface area contributed by atoms with Crippen molar-refractivity contribution < 1.29 is 18.3 Å². The molecule has 0 amide bonds. The molecule has 0 radical (unpaired) electrons. The van der Waals surface area contributed by atoms with E-state index in [-0.39, 0.29) is 14.9 Å². The van der Waals surface area contributed by atoms with E-state index in [1.165, 1.54) is 18.2 Å². The SMILES string of the molecule is Cc1ccc([C@@H](CC(=O)[O-])NS(=O)(=O)c2cc(Cl)cc(Cl)c2)cc1. The minimum absolute atomic E-state index is 0.143. The molecule has 8 heteroatoms. The van der Waals surface area contributed by atoms with Gasteiger partial charge < -0.3 is 9.90 Å². The number of rotatable bonds is 6. The van der Waals surface area contributed by atoms with Crippen LogP contribution in [0, 0.1) is 6.92 Å². The molecule has 2 aromatic rings. The number of nitrogens with one attached hydrogen (secondary N) is 1. The number of benzene rings is 2. The fourth-order valence-electron chi connectivity index (χ4n) is 2.13. The zero-order valence-corrected chi connectivity index (χ0v) is 15.0. The van der Waals surface area contributed by atoms with Crippen molar-refractivity contribution >= 4 is 39.2 Å². The number of carboxylic acids is 1. The topological polar surface area (TPSA) is 86.3 Å². The molecule has 0 fully saturated rings. The first kappa shape index (κ1) is 18.7. The fourth-order valence-corrected chi connectivity index (χ4v) is 4.08. The predicted molar refractivity (Wildman–Crippen MR) is 90.3 cm³/mol. The zero-order valence-electron chi connectivity index (χ0n) is 12.6. The van der Waals surface area contributed by atoms with Crippen molar-refractivity contribution in [1.82, 2.24) is 4.72 Å². The van der Waals surface area contributed by atoms with E-state index in [0.717, 1.165) is 5.56 Å². The van der Waals surface area contributed by atoms with Gasteiger partial charge in [0.1, 0.15) is 0 Å². The van der Waals surface area contributed by atoms with Gasteiger partial charge in [0.2, 0.25) is 10.0 Å². The van der Waals surface area contributed by atoms with Crippen molar-refractivity contribution in [3.05, 3.63) is 63.6 Å². The fraction of sp³-hybridized carbons (Fsp3) is 0.188. The summed E-state index contributed by atoms with van der Waals surface area (Å²) >= 11 is 11.7. The summed E-state index contributed by atoms with van der Waals surface area (Å²) in [5.74, 6) is -1.37. The first-order valence-corrected chi connectivity index (χ1v) is 9.16. The van der Waals surface area contributed by atoms with E-state index in [1.54, 1.807) is 24.3 Å². The molecule has 5 nitrogen and oxygen atoms in total. The lowest BCUT2D eigenvalue weighted by Gasteiger charge is -2.20. The van der Waals surface area contributed by atoms with Gasteiger partial charge in [-0.1, -0.05) is 53.0 Å². The maximum Gasteiger partial charge on any atom is 0.241 e. The molecule has 0 aliphatic rings. The first-order chi connectivity index (χ1) is 11.2. The van der Waals surface area contributed by atoms with Gasteiger partial charge in [0.25, 0.3) is 0 Å². The van der Waals surface area contributed by atoms with E-state index in [4.69, 9.17) is 23.2 Å². The Morgan fingerprint density at radius 1 is 1.12 bits per heavy atom. The van der Waals surface area contributed by atoms with Crippen LogP contribution < -0.4 is 9.83 Å². The minimum atomic E-state index is -4.02. The summed E-state index contributed by atoms with van der Waals surface area (Å²) < 4.78 is 27.4. The second-order valence-electron chi connectivity index (χ2n) is 5.27. The van der Waals surface area contributed by atoms with Crippen LogP contribution in [0.5, 0.6) is 0 Å². The Bertz CT molecular complexity index is 831. The Balaban J connectivity index is 2.37. The molecule has 0 spiro atoms. The van der Waals surface area contributed by atoms with Crippen LogP contribution in [-0.4, -0.2) is 14.4 Å². The number of aliphatic carboxylic acids is 1. The van der Waals surface area contributed by atoms with E-state index >= 15 is 0 Å². The van der Waals surface area contributed by atoms with E-state index in [0.29, 0.717) is 5.56 Å². The molecule has 2 aromatic carbocycles. The standard InChI is InChI=1S/C16H15Cl2NO4S/c1-10-2-4-11(5-3-10)15(9-16(20)21)19-24(22,23)14-7-12(17)6-13(18)8-14/h2-8,15,19H,9H2,1H3,(H,20,21)/p-1/t15-/m1/s1. The summed E-state index contributed by atoms with van der Waals surface area (Å²) in [5, 5.41) is 11.3. The van der Waals surface area contributed by atoms with Gasteiger partial charge >= 0.3 is 0 Å². The summed E-state index contributed by atoms with van der Waals surface area (Å²) in [6, 6.07) is 9.76. The third kappa shape index (κ3) is 4.95. The number of hydrogen-bond acceptors (Lipinski definition) is 4. The molecule has 0 saturated carbocycles. The summed E-state index contributed by atoms with van der Waals surface area (Å²) in [7, 11) is -4.02. The quantitative estimate of drug-likeness (QED) is 0.825. The Labute approximate surface area is 150 Å². The Kier molecular flexibility index (Phi) is 5.87. The lowest BCUT2D eigenvalue weighted by Crippen LogP contribution is -2.34. The third-order valence-electron chi connectivity index (χ3n) is 3.29. The Morgan fingerprint density at radius 3 is 2.17 bits per heavy atom. The van der Waals surface area contributed by atoms with Crippen LogP contribution in [0.1, 0.15) is 23.6 Å². The molecule has 0 heterocycles. The maximum atomic E-state index is 12.5. The van der Waals surface area contributed by atoms with Crippen LogP contribution in [-0.2, 0) is 14.8 Å². The molecule has 128 valence electrons. The van der Waals surface area contributed by atoms with Crippen LogP contribution in [0.2, 0.25) is 10.0 Å². The lowest BCUT2D eigenvalue weighted by atomic mass is 10.0. The first-order valence-electron chi connectivity index (χ1n) is 6.92. The number of aryl methyl sites for hydroxylation is 1. The molecule has 0 aromatic heterocycles. The van der Waals surface area contributed by atoms with E-state index < -0.39 is 28.5 Å². The van der Waals surface area contributed by atoms with Gasteiger partial charge in [0.05, 0.1) is 10.9 Å². The summed E-state index contributed by atoms with van der Waals surface area (Å²) in [5.41, 5.74) is 1.48. The van der Waals surface area contributed by atoms with Crippen LogP contribution in [0.15, 0.2) is 47.4 Å². The van der Waals surface area contributed by atoms with Gasteiger partial charge in [-0.3, -0.25) is 0 Å². The molecule has 2 rings (SSSR count). The van der Waals surface area contributed by atoms with Gasteiger partial charge in [-0.25, -0.2) is 13.1 Å². The van der Waals surface area contributed by atoms with E-state index in [1.807, 2.05) is 6.92 Å². The number of carbonyl (C=O) groups is 1. The molecular formula is C16H14Cl2NO4S-. The van der Waals surface area contributed by atoms with Gasteiger partial charge in [-0.2, -0.15) is 0 Å². The third-order valence-corrected chi connectivity index (χ3v) is 5.18. The highest BCUT2D eigenvalue weighted by Gasteiger charge is 2.22. The molecule has 1 N–H and O–H groups in total. The molecule has 0 saturated heterocycles. The normalized spacial score (nSPS) is 12.8. The van der Waals surface area contributed by atoms with Gasteiger partial charge in [0.15, 0.2) is 0 Å². The summed E-state index contributed by atoms with van der Waals surface area (Å²) in [6.45, 7) is 1.87. The van der Waals surface area contributed by atoms with Crippen molar-refractivity contribution in [2.45, 2.75) is 24.3 Å². The smallest absolute Gasteiger partial charge is 0.241 e. The molecule has 0 unspecified atom stereocenters. The Hall–Kier alpha value is -1.60.